The maximum Gasteiger partial charge on any atom is 0.341 e. The van der Waals surface area contributed by atoms with Crippen LogP contribution in [0.2, 0.25) is 0 Å². The van der Waals surface area contributed by atoms with Crippen molar-refractivity contribution >= 4 is 25.6 Å². The SMILES string of the molecule is O=[N+]([O-])c1ccccc1OS(=O)(=O)c1ccc(S(=O)(=O)C(F)F)cc1. The molecule has 0 aromatic heterocycles. The van der Waals surface area contributed by atoms with Gasteiger partial charge in [-0.1, -0.05) is 12.1 Å². The second-order valence-corrected chi connectivity index (χ2v) is 8.00. The number of nitro benzene ring substituents is 1. The molecule has 0 heterocycles. The van der Waals surface area contributed by atoms with Gasteiger partial charge in [0.25, 0.3) is 0 Å². The molecule has 12 heteroatoms. The van der Waals surface area contributed by atoms with Crippen LogP contribution in [0.4, 0.5) is 14.5 Å². The molecule has 134 valence electrons. The van der Waals surface area contributed by atoms with Gasteiger partial charge in [0.15, 0.2) is 0 Å². The summed E-state index contributed by atoms with van der Waals surface area (Å²) >= 11 is 0. The Labute approximate surface area is 140 Å². The summed E-state index contributed by atoms with van der Waals surface area (Å²) in [4.78, 5) is 8.68. The van der Waals surface area contributed by atoms with Crippen molar-refractivity contribution in [2.75, 3.05) is 0 Å². The van der Waals surface area contributed by atoms with Gasteiger partial charge >= 0.3 is 21.6 Å². The average Bonchev–Trinajstić information content (AvgIpc) is 2.54. The van der Waals surface area contributed by atoms with Gasteiger partial charge < -0.3 is 4.18 Å². The quantitative estimate of drug-likeness (QED) is 0.419. The van der Waals surface area contributed by atoms with E-state index in [1.54, 1.807) is 0 Å². The van der Waals surface area contributed by atoms with Crippen molar-refractivity contribution in [1.82, 2.24) is 0 Å². The molecule has 0 bridgehead atoms. The van der Waals surface area contributed by atoms with Gasteiger partial charge in [-0.05, 0) is 30.3 Å². The van der Waals surface area contributed by atoms with Crippen molar-refractivity contribution in [3.05, 3.63) is 58.6 Å². The Morgan fingerprint density at radius 1 is 0.920 bits per heavy atom. The maximum absolute atomic E-state index is 12.4. The molecule has 0 amide bonds. The topological polar surface area (TPSA) is 121 Å². The van der Waals surface area contributed by atoms with Crippen LogP contribution in [0.25, 0.3) is 0 Å². The van der Waals surface area contributed by atoms with Gasteiger partial charge in [-0.3, -0.25) is 10.1 Å². The van der Waals surface area contributed by atoms with E-state index in [2.05, 4.69) is 4.18 Å². The first-order valence-electron chi connectivity index (χ1n) is 6.36. The predicted octanol–water partition coefficient (Wildman–Crippen LogP) is 2.36. The van der Waals surface area contributed by atoms with Crippen molar-refractivity contribution in [3.8, 4) is 5.75 Å². The van der Waals surface area contributed by atoms with Crippen LogP contribution in [0.1, 0.15) is 0 Å². The minimum atomic E-state index is -4.87. The van der Waals surface area contributed by atoms with Gasteiger partial charge in [0.1, 0.15) is 4.90 Å². The van der Waals surface area contributed by atoms with E-state index >= 15 is 0 Å². The van der Waals surface area contributed by atoms with Crippen molar-refractivity contribution in [2.24, 2.45) is 0 Å². The summed E-state index contributed by atoms with van der Waals surface area (Å²) in [6, 6.07) is 7.57. The van der Waals surface area contributed by atoms with Crippen LogP contribution in [-0.2, 0) is 20.0 Å². The number of alkyl halides is 2. The number of benzene rings is 2. The molecule has 2 aromatic rings. The second-order valence-electron chi connectivity index (χ2n) is 4.54. The Morgan fingerprint density at radius 3 is 1.96 bits per heavy atom. The smallest absolute Gasteiger partial charge is 0.341 e. The Morgan fingerprint density at radius 2 is 1.44 bits per heavy atom. The van der Waals surface area contributed by atoms with Crippen molar-refractivity contribution in [1.29, 1.82) is 0 Å². The number of sulfone groups is 1. The summed E-state index contributed by atoms with van der Waals surface area (Å²) in [7, 11) is -9.41. The standard InChI is InChI=1S/C13H9F2NO7S2/c14-13(15)24(19,20)9-5-7-10(8-6-9)25(21,22)23-12-4-2-1-3-11(12)16(17)18/h1-8,13H. The lowest BCUT2D eigenvalue weighted by atomic mass is 10.3. The largest absolute Gasteiger partial charge is 0.372 e. The zero-order valence-electron chi connectivity index (χ0n) is 12.1. The first-order chi connectivity index (χ1) is 11.6. The van der Waals surface area contributed by atoms with E-state index in [0.717, 1.165) is 24.3 Å². The molecular weight excluding hydrogens is 384 g/mol. The number of nitro groups is 1. The Balaban J connectivity index is 2.37. The number of hydrogen-bond donors (Lipinski definition) is 0. The first-order valence-corrected chi connectivity index (χ1v) is 9.31. The third kappa shape index (κ3) is 3.91. The lowest BCUT2D eigenvalue weighted by molar-refractivity contribution is -0.385. The molecule has 0 N–H and O–H groups in total. The first kappa shape index (κ1) is 18.7. The highest BCUT2D eigenvalue weighted by Crippen LogP contribution is 2.29. The monoisotopic (exact) mass is 393 g/mol. The van der Waals surface area contributed by atoms with Crippen LogP contribution in [0.15, 0.2) is 58.3 Å². The molecule has 0 spiro atoms. The Kier molecular flexibility index (Phi) is 5.04. The number of nitrogens with zero attached hydrogens (tertiary/aromatic N) is 1. The number of rotatable bonds is 6. The molecule has 2 aromatic carbocycles. The van der Waals surface area contributed by atoms with Gasteiger partial charge in [0.05, 0.1) is 9.82 Å². The molecule has 0 unspecified atom stereocenters. The van der Waals surface area contributed by atoms with Gasteiger partial charge in [0, 0.05) is 6.07 Å². The van der Waals surface area contributed by atoms with Gasteiger partial charge in [-0.2, -0.15) is 17.2 Å². The Bertz CT molecular complexity index is 1000. The van der Waals surface area contributed by atoms with Crippen LogP contribution in [-0.4, -0.2) is 27.5 Å². The van der Waals surface area contributed by atoms with E-state index in [1.807, 2.05) is 0 Å². The van der Waals surface area contributed by atoms with Crippen molar-refractivity contribution < 1.29 is 34.7 Å². The van der Waals surface area contributed by atoms with E-state index in [4.69, 9.17) is 0 Å². The minimum Gasteiger partial charge on any atom is -0.372 e. The van der Waals surface area contributed by atoms with Gasteiger partial charge in [-0.15, -0.1) is 0 Å². The highest BCUT2D eigenvalue weighted by molar-refractivity contribution is 7.91. The molecular formula is C13H9F2NO7S2. The fourth-order valence-corrected chi connectivity index (χ4v) is 3.41. The lowest BCUT2D eigenvalue weighted by Crippen LogP contribution is -2.13. The number of hydrogen-bond acceptors (Lipinski definition) is 7. The summed E-state index contributed by atoms with van der Waals surface area (Å²) in [5.41, 5.74) is -0.594. The third-order valence-corrected chi connectivity index (χ3v) is 5.58. The van der Waals surface area contributed by atoms with E-state index < -0.39 is 51.9 Å². The minimum absolute atomic E-state index is 0.545. The highest BCUT2D eigenvalue weighted by Gasteiger charge is 2.28. The lowest BCUT2D eigenvalue weighted by Gasteiger charge is -2.08. The summed E-state index contributed by atoms with van der Waals surface area (Å²) in [6.07, 6.45) is 0. The van der Waals surface area contributed by atoms with Crippen molar-refractivity contribution in [2.45, 2.75) is 15.5 Å². The molecule has 0 aliphatic heterocycles. The highest BCUT2D eigenvalue weighted by atomic mass is 32.2. The van der Waals surface area contributed by atoms with Crippen molar-refractivity contribution in [3.63, 3.8) is 0 Å². The normalized spacial score (nSPS) is 12.1. The zero-order chi connectivity index (χ0) is 18.8. The summed E-state index contributed by atoms with van der Waals surface area (Å²) in [6.45, 7) is 0. The molecule has 0 aliphatic carbocycles. The van der Waals surface area contributed by atoms with Gasteiger partial charge in [-0.25, -0.2) is 8.42 Å². The van der Waals surface area contributed by atoms with E-state index in [0.29, 0.717) is 12.1 Å². The summed E-state index contributed by atoms with van der Waals surface area (Å²) in [5.74, 6) is -4.20. The molecule has 0 fully saturated rings. The molecule has 8 nitrogen and oxygen atoms in total. The summed E-state index contributed by atoms with van der Waals surface area (Å²) < 4.78 is 76.4. The fraction of sp³-hybridized carbons (Fsp3) is 0.0769. The average molecular weight is 393 g/mol. The molecule has 0 radical (unpaired) electrons. The number of halogens is 2. The number of para-hydroxylation sites is 2. The molecule has 0 saturated heterocycles. The molecule has 0 aliphatic rings. The summed E-state index contributed by atoms with van der Waals surface area (Å²) in [5, 5.41) is 10.9. The van der Waals surface area contributed by atoms with E-state index in [-0.39, 0.29) is 0 Å². The third-order valence-electron chi connectivity index (χ3n) is 2.94. The fourth-order valence-electron chi connectivity index (χ4n) is 1.74. The molecule has 25 heavy (non-hydrogen) atoms. The Hall–Kier alpha value is -2.60. The van der Waals surface area contributed by atoms with Crippen LogP contribution in [0.3, 0.4) is 0 Å². The molecule has 2 rings (SSSR count). The molecule has 0 saturated carbocycles. The van der Waals surface area contributed by atoms with Crippen LogP contribution in [0.5, 0.6) is 5.75 Å². The van der Waals surface area contributed by atoms with Crippen LogP contribution in [0, 0.1) is 10.1 Å². The maximum atomic E-state index is 12.4. The van der Waals surface area contributed by atoms with Crippen LogP contribution < -0.4 is 4.18 Å². The predicted molar refractivity (Wildman–Crippen MR) is 80.5 cm³/mol. The van der Waals surface area contributed by atoms with Crippen LogP contribution >= 0.6 is 0 Å². The second kappa shape index (κ2) is 6.72. The van der Waals surface area contributed by atoms with E-state index in [1.165, 1.54) is 12.1 Å². The van der Waals surface area contributed by atoms with Gasteiger partial charge in [0.2, 0.25) is 15.6 Å². The zero-order valence-corrected chi connectivity index (χ0v) is 13.7. The van der Waals surface area contributed by atoms with E-state index in [9.17, 15) is 35.7 Å². The molecule has 0 atom stereocenters.